The number of nitrogens with one attached hydrogen (secondary N) is 2. The van der Waals surface area contributed by atoms with Gasteiger partial charge < -0.3 is 15.5 Å². The summed E-state index contributed by atoms with van der Waals surface area (Å²) in [5.74, 6) is 1.29. The summed E-state index contributed by atoms with van der Waals surface area (Å²) in [5.41, 5.74) is 13.2. The highest BCUT2D eigenvalue weighted by atomic mass is 16.2. The van der Waals surface area contributed by atoms with E-state index in [-0.39, 0.29) is 23.3 Å². The molecule has 3 atom stereocenters. The van der Waals surface area contributed by atoms with Gasteiger partial charge in [-0.2, -0.15) is 4.98 Å². The molecule has 1 aromatic rings. The van der Waals surface area contributed by atoms with Gasteiger partial charge in [0.05, 0.1) is 5.92 Å². The average molecular weight is 347 g/mol. The van der Waals surface area contributed by atoms with Crippen LogP contribution in [0.15, 0.2) is 6.07 Å². The molecule has 0 aromatic carbocycles. The molecule has 2 fully saturated rings. The number of hydrogen-bond acceptors (Lipinski definition) is 7. The fourth-order valence-corrected chi connectivity index (χ4v) is 4.17. The molecule has 0 saturated carbocycles. The molecule has 0 bridgehead atoms. The Labute approximate surface area is 149 Å². The summed E-state index contributed by atoms with van der Waals surface area (Å²) in [4.78, 5) is 25.1. The minimum absolute atomic E-state index is 0.0360. The van der Waals surface area contributed by atoms with Crippen molar-refractivity contribution < 1.29 is 4.79 Å². The molecule has 2 aliphatic rings. The van der Waals surface area contributed by atoms with Crippen molar-refractivity contribution in [3.8, 4) is 0 Å². The highest BCUT2D eigenvalue weighted by Gasteiger charge is 2.47. The molecule has 1 amide bonds. The Morgan fingerprint density at radius 2 is 2.20 bits per heavy atom. The first-order chi connectivity index (χ1) is 11.8. The second-order valence-electron chi connectivity index (χ2n) is 7.75. The van der Waals surface area contributed by atoms with Crippen LogP contribution in [-0.2, 0) is 4.79 Å². The lowest BCUT2D eigenvalue weighted by molar-refractivity contribution is -0.133. The molecule has 0 radical (unpaired) electrons. The Kier molecular flexibility index (Phi) is 4.83. The molecule has 4 N–H and O–H groups in total. The van der Waals surface area contributed by atoms with Crippen LogP contribution < -0.4 is 21.5 Å². The molecule has 0 aliphatic carbocycles. The zero-order valence-corrected chi connectivity index (χ0v) is 15.5. The fraction of sp³-hybridized carbons (Fsp3) is 0.706. The molecule has 8 heteroatoms. The summed E-state index contributed by atoms with van der Waals surface area (Å²) in [6.07, 6.45) is 2.13. The van der Waals surface area contributed by atoms with E-state index in [4.69, 9.17) is 5.73 Å². The molecular formula is C17H29N7O. The summed E-state index contributed by atoms with van der Waals surface area (Å²) < 4.78 is 0. The Morgan fingerprint density at radius 3 is 2.88 bits per heavy atom. The van der Waals surface area contributed by atoms with Crippen LogP contribution in [0.4, 0.5) is 11.8 Å². The molecule has 3 rings (SSSR count). The van der Waals surface area contributed by atoms with Gasteiger partial charge >= 0.3 is 0 Å². The van der Waals surface area contributed by atoms with Crippen LogP contribution in [0.5, 0.6) is 0 Å². The number of hydrazine groups is 1. The van der Waals surface area contributed by atoms with Gasteiger partial charge in [-0.3, -0.25) is 15.6 Å². The SMILES string of the molecule is Cc1cc(N2CCCC(C)(C3NNCC3C(=O)N(C)C)C2)nc(N)n1. The first-order valence-corrected chi connectivity index (χ1v) is 8.86. The van der Waals surface area contributed by atoms with Crippen molar-refractivity contribution in [1.82, 2.24) is 25.7 Å². The Hall–Kier alpha value is -1.93. The molecule has 1 aromatic heterocycles. The lowest BCUT2D eigenvalue weighted by Gasteiger charge is -2.46. The van der Waals surface area contributed by atoms with Crippen LogP contribution in [0, 0.1) is 18.3 Å². The first kappa shape index (κ1) is 17.9. The molecule has 8 nitrogen and oxygen atoms in total. The standard InChI is InChI=1S/C17H29N7O/c1-11-8-13(21-16(18)20-11)24-7-5-6-17(2,10-24)14-12(9-19-22-14)15(25)23(3)4/h8,12,14,19,22H,5-7,9-10H2,1-4H3,(H2,18,20,21). The smallest absolute Gasteiger partial charge is 0.228 e. The van der Waals surface area contributed by atoms with E-state index in [0.717, 1.165) is 37.4 Å². The van der Waals surface area contributed by atoms with Gasteiger partial charge in [0.15, 0.2) is 0 Å². The van der Waals surface area contributed by atoms with Crippen LogP contribution in [0.2, 0.25) is 0 Å². The van der Waals surface area contributed by atoms with Crippen molar-refractivity contribution in [2.45, 2.75) is 32.7 Å². The highest BCUT2D eigenvalue weighted by molar-refractivity contribution is 5.79. The van der Waals surface area contributed by atoms with Gasteiger partial charge in [0.2, 0.25) is 11.9 Å². The van der Waals surface area contributed by atoms with E-state index in [0.29, 0.717) is 12.5 Å². The second kappa shape index (κ2) is 6.76. The maximum Gasteiger partial charge on any atom is 0.228 e. The second-order valence-corrected chi connectivity index (χ2v) is 7.75. The fourth-order valence-electron chi connectivity index (χ4n) is 4.17. The summed E-state index contributed by atoms with van der Waals surface area (Å²) in [7, 11) is 3.64. The maximum absolute atomic E-state index is 12.6. The van der Waals surface area contributed by atoms with Crippen molar-refractivity contribution >= 4 is 17.7 Å². The molecule has 138 valence electrons. The number of nitrogens with two attached hydrogens (primary N) is 1. The highest BCUT2D eigenvalue weighted by Crippen LogP contribution is 2.39. The number of rotatable bonds is 3. The molecule has 0 spiro atoms. The Bertz CT molecular complexity index is 630. The van der Waals surface area contributed by atoms with Gasteiger partial charge in [0, 0.05) is 56.9 Å². The topological polar surface area (TPSA) is 99.4 Å². The van der Waals surface area contributed by atoms with Crippen LogP contribution in [0.3, 0.4) is 0 Å². The summed E-state index contributed by atoms with van der Waals surface area (Å²) in [6, 6.07) is 2.07. The zero-order valence-electron chi connectivity index (χ0n) is 15.5. The van der Waals surface area contributed by atoms with Crippen LogP contribution in [0.25, 0.3) is 0 Å². The molecule has 3 unspecified atom stereocenters. The van der Waals surface area contributed by atoms with E-state index in [1.54, 1.807) is 4.90 Å². The van der Waals surface area contributed by atoms with Gasteiger partial charge in [0.1, 0.15) is 5.82 Å². The van der Waals surface area contributed by atoms with E-state index in [1.807, 2.05) is 27.1 Å². The first-order valence-electron chi connectivity index (χ1n) is 8.86. The number of aryl methyl sites for hydroxylation is 1. The molecule has 25 heavy (non-hydrogen) atoms. The van der Waals surface area contributed by atoms with E-state index in [9.17, 15) is 4.79 Å². The number of hydrogen-bond donors (Lipinski definition) is 3. The predicted molar refractivity (Wildman–Crippen MR) is 97.8 cm³/mol. The van der Waals surface area contributed by atoms with Crippen molar-refractivity contribution in [1.29, 1.82) is 0 Å². The van der Waals surface area contributed by atoms with Crippen molar-refractivity contribution in [2.24, 2.45) is 11.3 Å². The van der Waals surface area contributed by atoms with Crippen molar-refractivity contribution in [3.05, 3.63) is 11.8 Å². The Balaban J connectivity index is 1.82. The third-order valence-electron chi connectivity index (χ3n) is 5.40. The number of amides is 1. The number of nitrogen functional groups attached to an aromatic ring is 1. The quantitative estimate of drug-likeness (QED) is 0.716. The summed E-state index contributed by atoms with van der Waals surface area (Å²) >= 11 is 0. The van der Waals surface area contributed by atoms with Gasteiger partial charge in [0.25, 0.3) is 0 Å². The number of carbonyl (C=O) groups excluding carboxylic acids is 1. The number of nitrogens with zero attached hydrogens (tertiary/aromatic N) is 4. The third-order valence-corrected chi connectivity index (χ3v) is 5.40. The summed E-state index contributed by atoms with van der Waals surface area (Å²) in [6.45, 7) is 6.63. The number of aromatic nitrogens is 2. The van der Waals surface area contributed by atoms with E-state index >= 15 is 0 Å². The summed E-state index contributed by atoms with van der Waals surface area (Å²) in [5, 5.41) is 0. The monoisotopic (exact) mass is 347 g/mol. The minimum Gasteiger partial charge on any atom is -0.368 e. The number of piperidine rings is 1. The average Bonchev–Trinajstić information content (AvgIpc) is 3.03. The Morgan fingerprint density at radius 1 is 1.44 bits per heavy atom. The van der Waals surface area contributed by atoms with Crippen LogP contribution >= 0.6 is 0 Å². The largest absolute Gasteiger partial charge is 0.368 e. The normalized spacial score (nSPS) is 29.7. The van der Waals surface area contributed by atoms with Crippen molar-refractivity contribution in [2.75, 3.05) is 44.4 Å². The van der Waals surface area contributed by atoms with Gasteiger partial charge in [-0.1, -0.05) is 6.92 Å². The van der Waals surface area contributed by atoms with Crippen molar-refractivity contribution in [3.63, 3.8) is 0 Å². The lowest BCUT2D eigenvalue weighted by Crippen LogP contribution is -2.56. The molecule has 2 saturated heterocycles. The van der Waals surface area contributed by atoms with Crippen LogP contribution in [-0.4, -0.2) is 60.5 Å². The van der Waals surface area contributed by atoms with E-state index < -0.39 is 0 Å². The van der Waals surface area contributed by atoms with E-state index in [1.165, 1.54) is 0 Å². The predicted octanol–water partition coefficient (Wildman–Crippen LogP) is 0.155. The zero-order chi connectivity index (χ0) is 18.2. The third kappa shape index (κ3) is 3.55. The minimum atomic E-state index is -0.0582. The van der Waals surface area contributed by atoms with Gasteiger partial charge in [-0.15, -0.1) is 0 Å². The van der Waals surface area contributed by atoms with Gasteiger partial charge in [-0.25, -0.2) is 4.98 Å². The maximum atomic E-state index is 12.6. The van der Waals surface area contributed by atoms with E-state index in [2.05, 4.69) is 32.6 Å². The number of anilines is 2. The van der Waals surface area contributed by atoms with Gasteiger partial charge in [-0.05, 0) is 19.8 Å². The lowest BCUT2D eigenvalue weighted by atomic mass is 9.71. The molecule has 2 aliphatic heterocycles. The van der Waals surface area contributed by atoms with Crippen LogP contribution in [0.1, 0.15) is 25.5 Å². The number of carbonyl (C=O) groups is 1. The molecular weight excluding hydrogens is 318 g/mol. The molecule has 3 heterocycles.